The van der Waals surface area contributed by atoms with Crippen LogP contribution in [0.15, 0.2) is 22.7 Å². The van der Waals surface area contributed by atoms with Crippen LogP contribution in [0.5, 0.6) is 0 Å². The molecule has 1 aromatic carbocycles. The minimum atomic E-state index is -0.515. The Bertz CT molecular complexity index is 625. The number of benzene rings is 1. The second-order valence-corrected chi connectivity index (χ2v) is 5.93. The predicted octanol–water partition coefficient (Wildman–Crippen LogP) is 3.08. The lowest BCUT2D eigenvalue weighted by molar-refractivity contribution is 0.174. The number of aromatic nitrogens is 2. The van der Waals surface area contributed by atoms with Crippen molar-refractivity contribution in [3.8, 4) is 0 Å². The zero-order chi connectivity index (χ0) is 14.9. The molecule has 1 heterocycles. The summed E-state index contributed by atoms with van der Waals surface area (Å²) in [6.07, 6.45) is 0.516. The lowest BCUT2D eigenvalue weighted by Crippen LogP contribution is -2.15. The van der Waals surface area contributed by atoms with Crippen LogP contribution in [0.2, 0.25) is 0 Å². The maximum Gasteiger partial charge on any atom is 0.124 e. The van der Waals surface area contributed by atoms with E-state index in [1.165, 1.54) is 12.1 Å². The third kappa shape index (κ3) is 3.27. The largest absolute Gasteiger partial charge is 0.392 e. The summed E-state index contributed by atoms with van der Waals surface area (Å²) in [5.41, 5.74) is 4.00. The smallest absolute Gasteiger partial charge is 0.124 e. The van der Waals surface area contributed by atoms with Gasteiger partial charge in [0.15, 0.2) is 0 Å². The third-order valence-electron chi connectivity index (χ3n) is 3.57. The Kier molecular flexibility index (Phi) is 4.60. The summed E-state index contributed by atoms with van der Waals surface area (Å²) in [7, 11) is 1.90. The van der Waals surface area contributed by atoms with Crippen molar-refractivity contribution in [1.82, 2.24) is 9.78 Å². The van der Waals surface area contributed by atoms with Crippen molar-refractivity contribution in [2.24, 2.45) is 7.05 Å². The van der Waals surface area contributed by atoms with Crippen molar-refractivity contribution in [3.05, 3.63) is 51.0 Å². The molecule has 0 amide bonds. The molecule has 0 radical (unpaired) electrons. The van der Waals surface area contributed by atoms with Crippen molar-refractivity contribution in [2.75, 3.05) is 0 Å². The van der Waals surface area contributed by atoms with Gasteiger partial charge >= 0.3 is 0 Å². The molecule has 5 heteroatoms. The van der Waals surface area contributed by atoms with Crippen LogP contribution in [-0.2, 0) is 19.9 Å². The number of halogens is 2. The number of nitrogens with zero attached hydrogens (tertiary/aromatic N) is 2. The molecule has 1 unspecified atom stereocenters. The van der Waals surface area contributed by atoms with E-state index in [0.29, 0.717) is 17.3 Å². The van der Waals surface area contributed by atoms with E-state index in [1.807, 2.05) is 25.6 Å². The van der Waals surface area contributed by atoms with Crippen LogP contribution in [0.4, 0.5) is 4.39 Å². The zero-order valence-corrected chi connectivity index (χ0v) is 13.4. The van der Waals surface area contributed by atoms with Crippen LogP contribution in [0.3, 0.4) is 0 Å². The van der Waals surface area contributed by atoms with Crippen LogP contribution >= 0.6 is 15.9 Å². The van der Waals surface area contributed by atoms with Gasteiger partial charge in [0.05, 0.1) is 11.8 Å². The van der Waals surface area contributed by atoms with Gasteiger partial charge in [-0.15, -0.1) is 0 Å². The van der Waals surface area contributed by atoms with Crippen LogP contribution in [0.25, 0.3) is 0 Å². The van der Waals surface area contributed by atoms with Gasteiger partial charge in [0.25, 0.3) is 0 Å². The van der Waals surface area contributed by atoms with E-state index >= 15 is 0 Å². The highest BCUT2D eigenvalue weighted by atomic mass is 79.9. The zero-order valence-electron chi connectivity index (χ0n) is 11.8. The van der Waals surface area contributed by atoms with E-state index in [1.54, 1.807) is 6.07 Å². The molecule has 20 heavy (non-hydrogen) atoms. The average molecular weight is 341 g/mol. The Morgan fingerprint density at radius 1 is 1.35 bits per heavy atom. The van der Waals surface area contributed by atoms with Gasteiger partial charge in [-0.3, -0.25) is 4.68 Å². The molecule has 0 fully saturated rings. The fraction of sp³-hybridized carbons (Fsp3) is 0.400. The van der Waals surface area contributed by atoms with Gasteiger partial charge in [-0.1, -0.05) is 22.0 Å². The van der Waals surface area contributed by atoms with Crippen molar-refractivity contribution in [1.29, 1.82) is 0 Å². The number of hydrogen-bond acceptors (Lipinski definition) is 2. The Labute approximate surface area is 126 Å². The summed E-state index contributed by atoms with van der Waals surface area (Å²) in [4.78, 5) is 0. The summed E-state index contributed by atoms with van der Waals surface area (Å²) >= 11 is 3.33. The van der Waals surface area contributed by atoms with Gasteiger partial charge in [-0.2, -0.15) is 5.10 Å². The summed E-state index contributed by atoms with van der Waals surface area (Å²) in [6, 6.07) is 4.53. The predicted molar refractivity (Wildman–Crippen MR) is 80.2 cm³/mol. The molecule has 1 aromatic heterocycles. The number of hydrogen-bond donors (Lipinski definition) is 1. The fourth-order valence-corrected chi connectivity index (χ4v) is 2.87. The SMILES string of the molecule is Cc1nn(C)c(C)c1CC(O)Cc1ccc(F)cc1Br. The van der Waals surface area contributed by atoms with E-state index in [-0.39, 0.29) is 5.82 Å². The van der Waals surface area contributed by atoms with Gasteiger partial charge in [0.1, 0.15) is 5.82 Å². The topological polar surface area (TPSA) is 38.0 Å². The second-order valence-electron chi connectivity index (χ2n) is 5.07. The summed E-state index contributed by atoms with van der Waals surface area (Å²) in [5.74, 6) is -0.283. The first-order valence-corrected chi connectivity index (χ1v) is 7.29. The maximum absolute atomic E-state index is 13.0. The molecule has 0 aliphatic heterocycles. The molecule has 0 aliphatic rings. The molecule has 1 N–H and O–H groups in total. The Morgan fingerprint density at radius 3 is 2.60 bits per heavy atom. The number of aliphatic hydroxyl groups excluding tert-OH is 1. The minimum absolute atomic E-state index is 0.283. The molecule has 0 saturated heterocycles. The number of aryl methyl sites for hydroxylation is 2. The normalized spacial score (nSPS) is 12.7. The van der Waals surface area contributed by atoms with E-state index in [9.17, 15) is 9.50 Å². The van der Waals surface area contributed by atoms with Crippen molar-refractivity contribution in [2.45, 2.75) is 32.8 Å². The quantitative estimate of drug-likeness (QED) is 0.928. The molecular weight excluding hydrogens is 323 g/mol. The highest BCUT2D eigenvalue weighted by Gasteiger charge is 2.15. The molecule has 0 bridgehead atoms. The molecule has 0 saturated carbocycles. The van der Waals surface area contributed by atoms with Crippen LogP contribution in [0, 0.1) is 19.7 Å². The number of rotatable bonds is 4. The first kappa shape index (κ1) is 15.2. The standard InChI is InChI=1S/C15H18BrFN2O/c1-9-14(10(2)19(3)18-9)8-13(20)6-11-4-5-12(17)7-15(11)16/h4-5,7,13,20H,6,8H2,1-3H3. The molecular formula is C15H18BrFN2O. The Hall–Kier alpha value is -1.20. The van der Waals surface area contributed by atoms with Crippen molar-refractivity contribution < 1.29 is 9.50 Å². The van der Waals surface area contributed by atoms with E-state index in [4.69, 9.17) is 0 Å². The summed E-state index contributed by atoms with van der Waals surface area (Å²) in [6.45, 7) is 3.94. The Morgan fingerprint density at radius 2 is 2.05 bits per heavy atom. The van der Waals surface area contributed by atoms with Gasteiger partial charge < -0.3 is 5.11 Å². The summed E-state index contributed by atoms with van der Waals surface area (Å²) < 4.78 is 15.6. The first-order chi connectivity index (χ1) is 9.38. The maximum atomic E-state index is 13.0. The van der Waals surface area contributed by atoms with Gasteiger partial charge in [0, 0.05) is 23.6 Å². The summed E-state index contributed by atoms with van der Waals surface area (Å²) in [5, 5.41) is 14.6. The lowest BCUT2D eigenvalue weighted by atomic mass is 10.00. The Balaban J connectivity index is 2.11. The number of aliphatic hydroxyl groups is 1. The highest BCUT2D eigenvalue weighted by Crippen LogP contribution is 2.21. The van der Waals surface area contributed by atoms with E-state index in [2.05, 4.69) is 21.0 Å². The molecule has 108 valence electrons. The molecule has 0 spiro atoms. The molecule has 0 aliphatic carbocycles. The van der Waals surface area contributed by atoms with Gasteiger partial charge in [-0.05, 0) is 43.5 Å². The highest BCUT2D eigenvalue weighted by molar-refractivity contribution is 9.10. The van der Waals surface area contributed by atoms with Crippen LogP contribution < -0.4 is 0 Å². The van der Waals surface area contributed by atoms with Crippen molar-refractivity contribution >= 4 is 15.9 Å². The monoisotopic (exact) mass is 340 g/mol. The van der Waals surface area contributed by atoms with E-state index < -0.39 is 6.10 Å². The molecule has 2 aromatic rings. The molecule has 1 atom stereocenters. The molecule has 2 rings (SSSR count). The fourth-order valence-electron chi connectivity index (χ4n) is 2.36. The second kappa shape index (κ2) is 6.06. The van der Waals surface area contributed by atoms with Crippen LogP contribution in [0.1, 0.15) is 22.5 Å². The minimum Gasteiger partial charge on any atom is -0.392 e. The van der Waals surface area contributed by atoms with Crippen LogP contribution in [-0.4, -0.2) is 21.0 Å². The lowest BCUT2D eigenvalue weighted by Gasteiger charge is -2.12. The molecule has 3 nitrogen and oxygen atoms in total. The van der Waals surface area contributed by atoms with E-state index in [0.717, 1.165) is 22.5 Å². The van der Waals surface area contributed by atoms with Gasteiger partial charge in [0.2, 0.25) is 0 Å². The van der Waals surface area contributed by atoms with Crippen molar-refractivity contribution in [3.63, 3.8) is 0 Å². The first-order valence-electron chi connectivity index (χ1n) is 6.49. The van der Waals surface area contributed by atoms with Gasteiger partial charge in [-0.25, -0.2) is 4.39 Å². The third-order valence-corrected chi connectivity index (χ3v) is 4.31. The average Bonchev–Trinajstić information content (AvgIpc) is 2.60.